The van der Waals surface area contributed by atoms with Crippen molar-refractivity contribution in [1.29, 1.82) is 0 Å². The van der Waals surface area contributed by atoms with Crippen LogP contribution >= 0.6 is 0 Å². The molecule has 0 amide bonds. The third-order valence-electron chi connectivity index (χ3n) is 4.32. The highest BCUT2D eigenvalue weighted by Gasteiger charge is 2.33. The second-order valence-electron chi connectivity index (χ2n) is 6.10. The fourth-order valence-electron chi connectivity index (χ4n) is 2.92. The molecule has 0 radical (unpaired) electrons. The normalized spacial score (nSPS) is 23.7. The van der Waals surface area contributed by atoms with E-state index in [9.17, 15) is 13.9 Å². The van der Waals surface area contributed by atoms with E-state index in [4.69, 9.17) is 4.74 Å². The molecule has 1 aliphatic carbocycles. The highest BCUT2D eigenvalue weighted by Crippen LogP contribution is 2.31. The van der Waals surface area contributed by atoms with Crippen molar-refractivity contribution in [2.45, 2.75) is 31.4 Å². The van der Waals surface area contributed by atoms with Crippen LogP contribution in [0.1, 0.15) is 30.9 Å². The van der Waals surface area contributed by atoms with Crippen molar-refractivity contribution in [2.75, 3.05) is 26.3 Å². The molecule has 3 rings (SSSR count). The molecule has 1 aromatic carbocycles. The van der Waals surface area contributed by atoms with E-state index in [1.54, 1.807) is 0 Å². The van der Waals surface area contributed by atoms with Crippen LogP contribution in [0.3, 0.4) is 0 Å². The van der Waals surface area contributed by atoms with Gasteiger partial charge in [0.05, 0.1) is 12.7 Å². The predicted octanol–water partition coefficient (Wildman–Crippen LogP) is 2.50. The van der Waals surface area contributed by atoms with E-state index >= 15 is 0 Å². The Hall–Kier alpha value is -1.04. The van der Waals surface area contributed by atoms with Crippen LogP contribution in [0.2, 0.25) is 0 Å². The zero-order chi connectivity index (χ0) is 14.8. The minimum absolute atomic E-state index is 0.433. The minimum Gasteiger partial charge on any atom is -0.387 e. The first kappa shape index (κ1) is 14.9. The molecule has 2 atom stereocenters. The Morgan fingerprint density at radius 2 is 2.05 bits per heavy atom. The van der Waals surface area contributed by atoms with Gasteiger partial charge in [0, 0.05) is 25.7 Å². The lowest BCUT2D eigenvalue weighted by atomic mass is 10.1. The molecule has 1 saturated heterocycles. The molecule has 1 N–H and O–H groups in total. The Balaban J connectivity index is 1.62. The number of nitrogens with zero attached hydrogens (tertiary/aromatic N) is 1. The van der Waals surface area contributed by atoms with Crippen molar-refractivity contribution in [2.24, 2.45) is 5.92 Å². The van der Waals surface area contributed by atoms with Crippen molar-refractivity contribution in [1.82, 2.24) is 4.90 Å². The van der Waals surface area contributed by atoms with E-state index in [2.05, 4.69) is 4.90 Å². The fraction of sp³-hybridized carbons (Fsp3) is 0.625. The predicted molar refractivity (Wildman–Crippen MR) is 74.8 cm³/mol. The molecule has 0 bridgehead atoms. The van der Waals surface area contributed by atoms with E-state index in [-0.39, 0.29) is 0 Å². The number of aliphatic hydroxyl groups excluding tert-OH is 1. The third-order valence-corrected chi connectivity index (χ3v) is 4.32. The molecule has 1 aromatic rings. The van der Waals surface area contributed by atoms with E-state index in [0.717, 1.165) is 51.2 Å². The van der Waals surface area contributed by atoms with Gasteiger partial charge in [-0.2, -0.15) is 0 Å². The van der Waals surface area contributed by atoms with Crippen molar-refractivity contribution in [3.63, 3.8) is 0 Å². The summed E-state index contributed by atoms with van der Waals surface area (Å²) in [5.74, 6) is -1.27. The summed E-state index contributed by atoms with van der Waals surface area (Å²) in [5.41, 5.74) is 0.433. The van der Waals surface area contributed by atoms with Crippen LogP contribution in [0, 0.1) is 17.6 Å². The lowest BCUT2D eigenvalue weighted by Crippen LogP contribution is -2.35. The number of hydrogen-bond acceptors (Lipinski definition) is 3. The van der Waals surface area contributed by atoms with Crippen molar-refractivity contribution in [3.8, 4) is 0 Å². The number of benzene rings is 1. The summed E-state index contributed by atoms with van der Waals surface area (Å²) >= 11 is 0. The summed E-state index contributed by atoms with van der Waals surface area (Å²) in [6, 6.07) is 4.13. The molecule has 1 saturated carbocycles. The molecule has 0 aromatic heterocycles. The van der Waals surface area contributed by atoms with Crippen LogP contribution in [0.5, 0.6) is 0 Å². The molecule has 0 spiro atoms. The Morgan fingerprint density at radius 1 is 1.24 bits per heavy atom. The molecule has 116 valence electrons. The number of ether oxygens (including phenoxy) is 1. The SMILES string of the molecule is OC(CN(CC1CCOC1)C1CC1)c1ccc(F)c(F)c1. The number of rotatable bonds is 6. The summed E-state index contributed by atoms with van der Waals surface area (Å²) in [7, 11) is 0. The second kappa shape index (κ2) is 6.38. The number of halogens is 2. The molecule has 2 fully saturated rings. The summed E-state index contributed by atoms with van der Waals surface area (Å²) in [6.07, 6.45) is 2.57. The molecule has 3 nitrogen and oxygen atoms in total. The molecular weight excluding hydrogens is 276 g/mol. The summed E-state index contributed by atoms with van der Waals surface area (Å²) < 4.78 is 31.6. The monoisotopic (exact) mass is 297 g/mol. The summed E-state index contributed by atoms with van der Waals surface area (Å²) in [5, 5.41) is 10.3. The van der Waals surface area contributed by atoms with Gasteiger partial charge in [0.15, 0.2) is 11.6 Å². The van der Waals surface area contributed by atoms with Crippen LogP contribution in [0.4, 0.5) is 8.78 Å². The summed E-state index contributed by atoms with van der Waals surface area (Å²) in [4.78, 5) is 2.27. The van der Waals surface area contributed by atoms with Gasteiger partial charge in [0.25, 0.3) is 0 Å². The van der Waals surface area contributed by atoms with Gasteiger partial charge in [0.2, 0.25) is 0 Å². The average Bonchev–Trinajstić information content (AvgIpc) is 3.19. The van der Waals surface area contributed by atoms with Gasteiger partial charge < -0.3 is 9.84 Å². The highest BCUT2D eigenvalue weighted by atomic mass is 19.2. The fourth-order valence-corrected chi connectivity index (χ4v) is 2.92. The first-order chi connectivity index (χ1) is 10.1. The van der Waals surface area contributed by atoms with Crippen LogP contribution in [-0.2, 0) is 4.74 Å². The Morgan fingerprint density at radius 3 is 2.67 bits per heavy atom. The van der Waals surface area contributed by atoms with Gasteiger partial charge in [-0.15, -0.1) is 0 Å². The largest absolute Gasteiger partial charge is 0.387 e. The maximum absolute atomic E-state index is 13.3. The summed E-state index contributed by atoms with van der Waals surface area (Å²) in [6.45, 7) is 2.97. The quantitative estimate of drug-likeness (QED) is 0.875. The van der Waals surface area contributed by atoms with Crippen molar-refractivity contribution in [3.05, 3.63) is 35.4 Å². The molecule has 2 aliphatic rings. The average molecular weight is 297 g/mol. The third kappa shape index (κ3) is 3.78. The zero-order valence-electron chi connectivity index (χ0n) is 12.0. The van der Waals surface area contributed by atoms with Gasteiger partial charge in [-0.3, -0.25) is 4.90 Å². The van der Waals surface area contributed by atoms with Gasteiger partial charge in [-0.05, 0) is 42.9 Å². The van der Waals surface area contributed by atoms with Crippen LogP contribution in [0.25, 0.3) is 0 Å². The molecule has 1 heterocycles. The van der Waals surface area contributed by atoms with Crippen molar-refractivity contribution < 1.29 is 18.6 Å². The van der Waals surface area contributed by atoms with Gasteiger partial charge in [-0.25, -0.2) is 8.78 Å². The number of aliphatic hydroxyl groups is 1. The topological polar surface area (TPSA) is 32.7 Å². The first-order valence-electron chi connectivity index (χ1n) is 7.58. The molecule has 21 heavy (non-hydrogen) atoms. The molecular formula is C16H21F2NO2. The first-order valence-corrected chi connectivity index (χ1v) is 7.58. The van der Waals surface area contributed by atoms with Crippen LogP contribution in [0.15, 0.2) is 18.2 Å². The van der Waals surface area contributed by atoms with Crippen LogP contribution in [-0.4, -0.2) is 42.4 Å². The van der Waals surface area contributed by atoms with Crippen molar-refractivity contribution >= 4 is 0 Å². The standard InChI is InChI=1S/C16H21F2NO2/c17-14-4-1-12(7-15(14)18)16(20)9-19(13-2-3-13)8-11-5-6-21-10-11/h1,4,7,11,13,16,20H,2-3,5-6,8-10H2. The van der Waals surface area contributed by atoms with Gasteiger partial charge in [-0.1, -0.05) is 6.07 Å². The Kier molecular flexibility index (Phi) is 4.52. The Bertz CT molecular complexity index is 487. The Labute approximate surface area is 123 Å². The smallest absolute Gasteiger partial charge is 0.159 e. The number of hydrogen-bond donors (Lipinski definition) is 1. The molecule has 2 unspecified atom stereocenters. The van der Waals surface area contributed by atoms with E-state index < -0.39 is 17.7 Å². The minimum atomic E-state index is -0.909. The van der Waals surface area contributed by atoms with Gasteiger partial charge >= 0.3 is 0 Å². The zero-order valence-corrected chi connectivity index (χ0v) is 12.0. The van der Waals surface area contributed by atoms with Crippen LogP contribution < -0.4 is 0 Å². The lowest BCUT2D eigenvalue weighted by molar-refractivity contribution is 0.0937. The van der Waals surface area contributed by atoms with E-state index in [1.165, 1.54) is 6.07 Å². The maximum Gasteiger partial charge on any atom is 0.159 e. The van der Waals surface area contributed by atoms with E-state index in [0.29, 0.717) is 24.1 Å². The lowest BCUT2D eigenvalue weighted by Gasteiger charge is -2.27. The van der Waals surface area contributed by atoms with Gasteiger partial charge in [0.1, 0.15) is 0 Å². The van der Waals surface area contributed by atoms with E-state index in [1.807, 2.05) is 0 Å². The maximum atomic E-state index is 13.3. The second-order valence-corrected chi connectivity index (χ2v) is 6.10. The molecule has 1 aliphatic heterocycles. The highest BCUT2D eigenvalue weighted by molar-refractivity contribution is 5.20. The molecule has 5 heteroatoms.